The molecule has 1 atom stereocenters. The molecule has 0 aromatic rings. The summed E-state index contributed by atoms with van der Waals surface area (Å²) < 4.78 is 5.08. The molecular formula is C11H22O2. The zero-order valence-corrected chi connectivity index (χ0v) is 9.30. The van der Waals surface area contributed by atoms with Gasteiger partial charge in [-0.3, -0.25) is 4.79 Å². The Balaban J connectivity index is 3.50. The van der Waals surface area contributed by atoms with E-state index < -0.39 is 0 Å². The lowest BCUT2D eigenvalue weighted by atomic mass is 10.0. The topological polar surface area (TPSA) is 26.3 Å². The summed E-state index contributed by atoms with van der Waals surface area (Å²) in [6, 6.07) is 0. The third kappa shape index (κ3) is 7.82. The number of carbonyl (C=O) groups is 1. The van der Waals surface area contributed by atoms with E-state index in [9.17, 15) is 4.79 Å². The van der Waals surface area contributed by atoms with Crippen LogP contribution in [0.4, 0.5) is 0 Å². The number of hydrogen-bond donors (Lipinski definition) is 0. The van der Waals surface area contributed by atoms with Crippen molar-refractivity contribution in [3.63, 3.8) is 0 Å². The first-order valence-corrected chi connectivity index (χ1v) is 5.21. The van der Waals surface area contributed by atoms with E-state index in [1.165, 1.54) is 0 Å². The van der Waals surface area contributed by atoms with E-state index in [0.29, 0.717) is 24.9 Å². The fourth-order valence-electron chi connectivity index (χ4n) is 1.20. The first-order chi connectivity index (χ1) is 6.06. The molecule has 0 aliphatic carbocycles. The van der Waals surface area contributed by atoms with Crippen LogP contribution in [0.3, 0.4) is 0 Å². The Bertz CT molecular complexity index is 141. The van der Waals surface area contributed by atoms with Crippen molar-refractivity contribution >= 4 is 5.97 Å². The highest BCUT2D eigenvalue weighted by atomic mass is 16.5. The van der Waals surface area contributed by atoms with Crippen LogP contribution in [0.15, 0.2) is 0 Å². The normalized spacial score (nSPS) is 13.0. The summed E-state index contributed by atoms with van der Waals surface area (Å²) in [6.45, 7) is 8.87. The van der Waals surface area contributed by atoms with Gasteiger partial charge in [-0.2, -0.15) is 0 Å². The molecule has 78 valence electrons. The average Bonchev–Trinajstić information content (AvgIpc) is 2.01. The average molecular weight is 186 g/mol. The first-order valence-electron chi connectivity index (χ1n) is 5.21. The highest BCUT2D eigenvalue weighted by Crippen LogP contribution is 2.10. The van der Waals surface area contributed by atoms with Gasteiger partial charge in [0.25, 0.3) is 0 Å². The second-order valence-electron chi connectivity index (χ2n) is 4.17. The third-order valence-electron chi connectivity index (χ3n) is 1.87. The fourth-order valence-corrected chi connectivity index (χ4v) is 1.20. The molecule has 0 fully saturated rings. The SMILES string of the molecule is CCCC(C)CC(=O)OCC(C)C. The number of ether oxygens (including phenoxy) is 1. The molecule has 0 aliphatic rings. The predicted molar refractivity (Wildman–Crippen MR) is 54.5 cm³/mol. The lowest BCUT2D eigenvalue weighted by molar-refractivity contribution is -0.145. The van der Waals surface area contributed by atoms with Crippen molar-refractivity contribution in [1.82, 2.24) is 0 Å². The van der Waals surface area contributed by atoms with Gasteiger partial charge in [0.1, 0.15) is 0 Å². The number of carbonyl (C=O) groups excluding carboxylic acids is 1. The second-order valence-corrected chi connectivity index (χ2v) is 4.17. The molecular weight excluding hydrogens is 164 g/mol. The zero-order chi connectivity index (χ0) is 10.3. The Labute approximate surface area is 81.7 Å². The lowest BCUT2D eigenvalue weighted by Crippen LogP contribution is -2.12. The van der Waals surface area contributed by atoms with Crippen LogP contribution >= 0.6 is 0 Å². The molecule has 0 aromatic carbocycles. The molecule has 2 heteroatoms. The van der Waals surface area contributed by atoms with Crippen molar-refractivity contribution < 1.29 is 9.53 Å². The quantitative estimate of drug-likeness (QED) is 0.596. The van der Waals surface area contributed by atoms with Gasteiger partial charge in [0, 0.05) is 6.42 Å². The minimum atomic E-state index is -0.0466. The smallest absolute Gasteiger partial charge is 0.306 e. The van der Waals surface area contributed by atoms with Crippen molar-refractivity contribution in [2.24, 2.45) is 11.8 Å². The summed E-state index contributed by atoms with van der Waals surface area (Å²) in [5.41, 5.74) is 0. The Morgan fingerprint density at radius 2 is 1.92 bits per heavy atom. The van der Waals surface area contributed by atoms with Gasteiger partial charge in [0.15, 0.2) is 0 Å². The Morgan fingerprint density at radius 3 is 2.38 bits per heavy atom. The molecule has 1 unspecified atom stereocenters. The lowest BCUT2D eigenvalue weighted by Gasteiger charge is -2.10. The minimum absolute atomic E-state index is 0.0466. The molecule has 0 bridgehead atoms. The van der Waals surface area contributed by atoms with Crippen LogP contribution in [-0.4, -0.2) is 12.6 Å². The molecule has 2 nitrogen and oxygen atoms in total. The van der Waals surface area contributed by atoms with Crippen LogP contribution in [0.25, 0.3) is 0 Å². The molecule has 0 saturated heterocycles. The van der Waals surface area contributed by atoms with Gasteiger partial charge in [-0.05, 0) is 11.8 Å². The molecule has 0 radical (unpaired) electrons. The maximum Gasteiger partial charge on any atom is 0.306 e. The highest BCUT2D eigenvalue weighted by Gasteiger charge is 2.09. The molecule has 0 N–H and O–H groups in total. The third-order valence-corrected chi connectivity index (χ3v) is 1.87. The summed E-state index contributed by atoms with van der Waals surface area (Å²) in [7, 11) is 0. The Kier molecular flexibility index (Phi) is 6.65. The Morgan fingerprint density at radius 1 is 1.31 bits per heavy atom. The number of hydrogen-bond acceptors (Lipinski definition) is 2. The molecule has 13 heavy (non-hydrogen) atoms. The summed E-state index contributed by atoms with van der Waals surface area (Å²) in [4.78, 5) is 11.2. The standard InChI is InChI=1S/C11H22O2/c1-5-6-10(4)7-11(12)13-8-9(2)3/h9-10H,5-8H2,1-4H3. The van der Waals surface area contributed by atoms with Gasteiger partial charge in [-0.1, -0.05) is 40.5 Å². The Hall–Kier alpha value is -0.530. The van der Waals surface area contributed by atoms with Crippen LogP contribution in [0.2, 0.25) is 0 Å². The second kappa shape index (κ2) is 6.93. The van der Waals surface area contributed by atoms with E-state index in [4.69, 9.17) is 4.74 Å². The van der Waals surface area contributed by atoms with Gasteiger partial charge in [-0.25, -0.2) is 0 Å². The highest BCUT2D eigenvalue weighted by molar-refractivity contribution is 5.69. The van der Waals surface area contributed by atoms with Crippen molar-refractivity contribution in [2.75, 3.05) is 6.61 Å². The summed E-state index contributed by atoms with van der Waals surface area (Å²) in [5, 5.41) is 0. The van der Waals surface area contributed by atoms with E-state index in [1.54, 1.807) is 0 Å². The van der Waals surface area contributed by atoms with Gasteiger partial charge in [-0.15, -0.1) is 0 Å². The number of rotatable bonds is 6. The van der Waals surface area contributed by atoms with Crippen LogP contribution in [0, 0.1) is 11.8 Å². The van der Waals surface area contributed by atoms with E-state index >= 15 is 0 Å². The van der Waals surface area contributed by atoms with Gasteiger partial charge in [0.05, 0.1) is 6.61 Å². The fraction of sp³-hybridized carbons (Fsp3) is 0.909. The van der Waals surface area contributed by atoms with E-state index in [-0.39, 0.29) is 5.97 Å². The minimum Gasteiger partial charge on any atom is -0.465 e. The summed E-state index contributed by atoms with van der Waals surface area (Å²) in [6.07, 6.45) is 2.82. The number of esters is 1. The van der Waals surface area contributed by atoms with Gasteiger partial charge < -0.3 is 4.74 Å². The molecule has 0 saturated carbocycles. The van der Waals surface area contributed by atoms with Crippen molar-refractivity contribution in [3.05, 3.63) is 0 Å². The van der Waals surface area contributed by atoms with Crippen molar-refractivity contribution in [1.29, 1.82) is 0 Å². The maximum absolute atomic E-state index is 11.2. The predicted octanol–water partition coefficient (Wildman–Crippen LogP) is 3.01. The maximum atomic E-state index is 11.2. The summed E-state index contributed by atoms with van der Waals surface area (Å²) >= 11 is 0. The molecule has 0 heterocycles. The monoisotopic (exact) mass is 186 g/mol. The largest absolute Gasteiger partial charge is 0.465 e. The van der Waals surface area contributed by atoms with E-state index in [0.717, 1.165) is 12.8 Å². The van der Waals surface area contributed by atoms with Crippen molar-refractivity contribution in [2.45, 2.75) is 47.0 Å². The molecule has 0 amide bonds. The van der Waals surface area contributed by atoms with Crippen LogP contribution < -0.4 is 0 Å². The first kappa shape index (κ1) is 12.5. The van der Waals surface area contributed by atoms with Gasteiger partial charge in [0.2, 0.25) is 0 Å². The summed E-state index contributed by atoms with van der Waals surface area (Å²) in [5.74, 6) is 0.852. The van der Waals surface area contributed by atoms with Gasteiger partial charge >= 0.3 is 5.97 Å². The van der Waals surface area contributed by atoms with E-state index in [1.807, 2.05) is 13.8 Å². The molecule has 0 spiro atoms. The van der Waals surface area contributed by atoms with Crippen molar-refractivity contribution in [3.8, 4) is 0 Å². The zero-order valence-electron chi connectivity index (χ0n) is 9.30. The van der Waals surface area contributed by atoms with Crippen LogP contribution in [0.1, 0.15) is 47.0 Å². The molecule has 0 rings (SSSR count). The van der Waals surface area contributed by atoms with E-state index in [2.05, 4.69) is 13.8 Å². The van der Waals surface area contributed by atoms with Crippen LogP contribution in [0.5, 0.6) is 0 Å². The molecule has 0 aromatic heterocycles. The molecule has 0 aliphatic heterocycles. The van der Waals surface area contributed by atoms with Crippen LogP contribution in [-0.2, 0) is 9.53 Å².